The van der Waals surface area contributed by atoms with E-state index in [-0.39, 0.29) is 6.61 Å². The Balaban J connectivity index is 1.80. The Bertz CT molecular complexity index is 423. The molecule has 0 aromatic carbocycles. The van der Waals surface area contributed by atoms with Crippen LogP contribution in [-0.2, 0) is 17.6 Å². The largest absolute Gasteiger partial charge is 0.411 e. The molecular weight excluding hydrogens is 259 g/mol. The maximum atomic E-state index is 11.9. The number of hydrogen-bond donors (Lipinski definition) is 1. The third-order valence-corrected chi connectivity index (χ3v) is 2.93. The van der Waals surface area contributed by atoms with Crippen molar-refractivity contribution in [3.05, 3.63) is 17.6 Å². The second-order valence-corrected chi connectivity index (χ2v) is 4.45. The minimum atomic E-state index is -4.27. The summed E-state index contributed by atoms with van der Waals surface area (Å²) >= 11 is 0. The molecule has 1 aliphatic rings. The zero-order valence-corrected chi connectivity index (χ0v) is 10.5. The molecule has 0 spiro atoms. The summed E-state index contributed by atoms with van der Waals surface area (Å²) in [6.07, 6.45) is 1.30. The normalized spacial score (nSPS) is 15.1. The number of nitrogens with one attached hydrogen (secondary N) is 1. The predicted octanol–water partition coefficient (Wildman–Crippen LogP) is 2.35. The van der Waals surface area contributed by atoms with Crippen LogP contribution >= 0.6 is 0 Å². The summed E-state index contributed by atoms with van der Waals surface area (Å²) in [7, 11) is 0. The lowest BCUT2D eigenvalue weighted by atomic mass is 9.96. The summed E-state index contributed by atoms with van der Waals surface area (Å²) in [5, 5.41) is 3.02. The Labute approximate surface area is 109 Å². The molecule has 0 amide bonds. The van der Waals surface area contributed by atoms with E-state index in [2.05, 4.69) is 20.0 Å². The van der Waals surface area contributed by atoms with Crippen LogP contribution in [0.3, 0.4) is 0 Å². The van der Waals surface area contributed by atoms with Gasteiger partial charge >= 0.3 is 6.18 Å². The monoisotopic (exact) mass is 275 g/mol. The number of aryl methyl sites for hydroxylation is 1. The first kappa shape index (κ1) is 14.0. The van der Waals surface area contributed by atoms with E-state index < -0.39 is 12.8 Å². The van der Waals surface area contributed by atoms with Crippen LogP contribution in [0.25, 0.3) is 0 Å². The fourth-order valence-corrected chi connectivity index (χ4v) is 2.10. The fourth-order valence-electron chi connectivity index (χ4n) is 2.10. The van der Waals surface area contributed by atoms with E-state index in [0.717, 1.165) is 42.8 Å². The molecule has 1 heterocycles. The van der Waals surface area contributed by atoms with Crippen LogP contribution in [0, 0.1) is 0 Å². The highest BCUT2D eigenvalue weighted by Gasteiger charge is 2.27. The summed E-state index contributed by atoms with van der Waals surface area (Å²) in [4.78, 5) is 8.36. The summed E-state index contributed by atoms with van der Waals surface area (Å²) in [6, 6.07) is 0. The number of anilines is 1. The number of hydrogen-bond acceptors (Lipinski definition) is 4. The molecule has 0 saturated heterocycles. The van der Waals surface area contributed by atoms with Gasteiger partial charge in [0.25, 0.3) is 0 Å². The second-order valence-electron chi connectivity index (χ2n) is 4.45. The molecule has 7 heteroatoms. The SMILES string of the molecule is FC(F)(F)COCCNc1ncnc2c1CCCC2. The van der Waals surface area contributed by atoms with Gasteiger partial charge in [-0.25, -0.2) is 9.97 Å². The molecule has 0 saturated carbocycles. The van der Waals surface area contributed by atoms with Crippen molar-refractivity contribution >= 4 is 5.82 Å². The highest BCUT2D eigenvalue weighted by atomic mass is 19.4. The van der Waals surface area contributed by atoms with E-state index in [1.54, 1.807) is 0 Å². The zero-order valence-electron chi connectivity index (χ0n) is 10.5. The molecule has 0 unspecified atom stereocenters. The second kappa shape index (κ2) is 6.18. The van der Waals surface area contributed by atoms with Crippen LogP contribution in [0.15, 0.2) is 6.33 Å². The first-order valence-corrected chi connectivity index (χ1v) is 6.27. The molecule has 0 aliphatic heterocycles. The molecule has 1 aromatic heterocycles. The molecule has 0 fully saturated rings. The summed E-state index contributed by atoms with van der Waals surface area (Å²) in [6.45, 7) is -0.908. The van der Waals surface area contributed by atoms with Crippen LogP contribution in [0.5, 0.6) is 0 Å². The maximum Gasteiger partial charge on any atom is 0.411 e. The first-order chi connectivity index (χ1) is 9.06. The van der Waals surface area contributed by atoms with E-state index in [9.17, 15) is 13.2 Å². The lowest BCUT2D eigenvalue weighted by molar-refractivity contribution is -0.172. The number of nitrogens with zero attached hydrogens (tertiary/aromatic N) is 2. The Morgan fingerprint density at radius 2 is 2.00 bits per heavy atom. The zero-order chi connectivity index (χ0) is 13.7. The Morgan fingerprint density at radius 3 is 2.79 bits per heavy atom. The molecule has 2 rings (SSSR count). The van der Waals surface area contributed by atoms with E-state index >= 15 is 0 Å². The van der Waals surface area contributed by atoms with Crippen molar-refractivity contribution in [2.75, 3.05) is 25.1 Å². The van der Waals surface area contributed by atoms with E-state index in [1.165, 1.54) is 6.33 Å². The lowest BCUT2D eigenvalue weighted by Gasteiger charge is -2.18. The van der Waals surface area contributed by atoms with Crippen LogP contribution in [-0.4, -0.2) is 35.9 Å². The molecule has 0 radical (unpaired) electrons. The molecular formula is C12H16F3N3O. The number of aromatic nitrogens is 2. The third-order valence-electron chi connectivity index (χ3n) is 2.93. The van der Waals surface area contributed by atoms with Crippen LogP contribution in [0.2, 0.25) is 0 Å². The third kappa shape index (κ3) is 4.34. The van der Waals surface area contributed by atoms with Crippen molar-refractivity contribution in [1.82, 2.24) is 9.97 Å². The molecule has 1 aliphatic carbocycles. The quantitative estimate of drug-likeness (QED) is 0.838. The van der Waals surface area contributed by atoms with Gasteiger partial charge in [0.1, 0.15) is 18.8 Å². The number of halogens is 3. The number of fused-ring (bicyclic) bond motifs is 1. The molecule has 1 aromatic rings. The van der Waals surface area contributed by atoms with Gasteiger partial charge in [-0.3, -0.25) is 0 Å². The van der Waals surface area contributed by atoms with Crippen LogP contribution in [0.1, 0.15) is 24.1 Å². The Hall–Kier alpha value is -1.37. The Kier molecular flexibility index (Phi) is 4.57. The highest BCUT2D eigenvalue weighted by Crippen LogP contribution is 2.24. The van der Waals surface area contributed by atoms with Gasteiger partial charge in [0.15, 0.2) is 0 Å². The maximum absolute atomic E-state index is 11.9. The molecule has 0 bridgehead atoms. The van der Waals surface area contributed by atoms with Gasteiger partial charge in [0.2, 0.25) is 0 Å². The standard InChI is InChI=1S/C12H16F3N3O/c13-12(14,15)7-19-6-5-16-11-9-3-1-2-4-10(9)17-8-18-11/h8H,1-7H2,(H,16,17,18). The summed E-state index contributed by atoms with van der Waals surface area (Å²) < 4.78 is 40.1. The lowest BCUT2D eigenvalue weighted by Crippen LogP contribution is -2.21. The smallest absolute Gasteiger partial charge is 0.370 e. The minimum Gasteiger partial charge on any atom is -0.370 e. The highest BCUT2D eigenvalue weighted by molar-refractivity contribution is 5.46. The van der Waals surface area contributed by atoms with Gasteiger partial charge in [0.05, 0.1) is 6.61 Å². The van der Waals surface area contributed by atoms with Crippen LogP contribution in [0.4, 0.5) is 19.0 Å². The van der Waals surface area contributed by atoms with Crippen molar-refractivity contribution in [2.45, 2.75) is 31.9 Å². The van der Waals surface area contributed by atoms with Crippen molar-refractivity contribution in [1.29, 1.82) is 0 Å². The van der Waals surface area contributed by atoms with Gasteiger partial charge < -0.3 is 10.1 Å². The summed E-state index contributed by atoms with van der Waals surface area (Å²) in [5.41, 5.74) is 2.13. The molecule has 106 valence electrons. The van der Waals surface area contributed by atoms with Crippen molar-refractivity contribution in [3.8, 4) is 0 Å². The predicted molar refractivity (Wildman–Crippen MR) is 64.0 cm³/mol. The first-order valence-electron chi connectivity index (χ1n) is 6.27. The minimum absolute atomic E-state index is 0.00170. The van der Waals surface area contributed by atoms with Crippen molar-refractivity contribution in [3.63, 3.8) is 0 Å². The topological polar surface area (TPSA) is 47.0 Å². The summed E-state index contributed by atoms with van der Waals surface area (Å²) in [5.74, 6) is 0.723. The van der Waals surface area contributed by atoms with E-state index in [0.29, 0.717) is 6.54 Å². The van der Waals surface area contributed by atoms with Crippen molar-refractivity contribution in [2.24, 2.45) is 0 Å². The van der Waals surface area contributed by atoms with Gasteiger partial charge in [-0.1, -0.05) is 0 Å². The molecule has 19 heavy (non-hydrogen) atoms. The average molecular weight is 275 g/mol. The van der Waals surface area contributed by atoms with Crippen LogP contribution < -0.4 is 5.32 Å². The number of rotatable bonds is 5. The van der Waals surface area contributed by atoms with Gasteiger partial charge in [0, 0.05) is 17.8 Å². The van der Waals surface area contributed by atoms with Gasteiger partial charge in [-0.2, -0.15) is 13.2 Å². The molecule has 1 N–H and O–H groups in total. The Morgan fingerprint density at radius 1 is 1.21 bits per heavy atom. The fraction of sp³-hybridized carbons (Fsp3) is 0.667. The van der Waals surface area contributed by atoms with E-state index in [4.69, 9.17) is 0 Å². The van der Waals surface area contributed by atoms with Gasteiger partial charge in [-0.05, 0) is 25.7 Å². The number of ether oxygens (including phenoxy) is 1. The molecule has 4 nitrogen and oxygen atoms in total. The number of alkyl halides is 3. The average Bonchev–Trinajstić information content (AvgIpc) is 2.37. The van der Waals surface area contributed by atoms with Gasteiger partial charge in [-0.15, -0.1) is 0 Å². The molecule has 0 atom stereocenters. The van der Waals surface area contributed by atoms with E-state index in [1.807, 2.05) is 0 Å². The van der Waals surface area contributed by atoms with Crippen molar-refractivity contribution < 1.29 is 17.9 Å².